The molecule has 2 N–H and O–H groups in total. The zero-order chi connectivity index (χ0) is 9.84. The van der Waals surface area contributed by atoms with E-state index >= 15 is 0 Å². The molecule has 0 aromatic carbocycles. The number of aromatic nitrogens is 2. The van der Waals surface area contributed by atoms with Gasteiger partial charge in [0.25, 0.3) is 0 Å². The summed E-state index contributed by atoms with van der Waals surface area (Å²) < 4.78 is 0. The molecule has 0 aliphatic heterocycles. The summed E-state index contributed by atoms with van der Waals surface area (Å²) >= 11 is 7.17. The van der Waals surface area contributed by atoms with Crippen LogP contribution in [0.3, 0.4) is 0 Å². The van der Waals surface area contributed by atoms with Gasteiger partial charge in [-0.3, -0.25) is 4.79 Å². The van der Waals surface area contributed by atoms with Crippen molar-refractivity contribution in [3.63, 3.8) is 0 Å². The number of carbonyl (C=O) groups is 1. The molecule has 0 spiro atoms. The Bertz CT molecular complexity index is 332. The largest absolute Gasteiger partial charge is 0.369 e. The molecule has 0 aliphatic rings. The van der Waals surface area contributed by atoms with Crippen molar-refractivity contribution in [3.05, 3.63) is 16.9 Å². The molecule has 6 heteroatoms. The maximum Gasteiger partial charge on any atom is 0.222 e. The van der Waals surface area contributed by atoms with Crippen molar-refractivity contribution in [1.29, 1.82) is 0 Å². The molecule has 0 saturated heterocycles. The Morgan fingerprint density at radius 1 is 1.77 bits per heavy atom. The van der Waals surface area contributed by atoms with Crippen LogP contribution in [0.4, 0.5) is 0 Å². The third-order valence-corrected chi connectivity index (χ3v) is 2.23. The predicted molar refractivity (Wildman–Crippen MR) is 51.7 cm³/mol. The highest BCUT2D eigenvalue weighted by molar-refractivity contribution is 7.98. The van der Waals surface area contributed by atoms with Gasteiger partial charge in [-0.05, 0) is 6.26 Å². The van der Waals surface area contributed by atoms with Crippen LogP contribution in [-0.2, 0) is 11.2 Å². The van der Waals surface area contributed by atoms with Gasteiger partial charge in [0.2, 0.25) is 5.91 Å². The Labute approximate surface area is 84.9 Å². The standard InChI is InChI=1S/C7H8ClN3OS/c1-13-7-10-3-4(2-5(9)12)6(8)11-7/h3H,2H2,1H3,(H2,9,12). The fraction of sp³-hybridized carbons (Fsp3) is 0.286. The van der Waals surface area contributed by atoms with Crippen LogP contribution in [0, 0.1) is 0 Å². The molecule has 1 aromatic rings. The molecule has 1 rings (SSSR count). The van der Waals surface area contributed by atoms with Crippen molar-refractivity contribution >= 4 is 29.3 Å². The van der Waals surface area contributed by atoms with Crippen LogP contribution in [0.15, 0.2) is 11.4 Å². The number of carbonyl (C=O) groups excluding carboxylic acids is 1. The Hall–Kier alpha value is -0.810. The second-order valence-electron chi connectivity index (χ2n) is 2.32. The van der Waals surface area contributed by atoms with Crippen LogP contribution in [0.25, 0.3) is 0 Å². The lowest BCUT2D eigenvalue weighted by Crippen LogP contribution is -2.14. The van der Waals surface area contributed by atoms with E-state index < -0.39 is 5.91 Å². The van der Waals surface area contributed by atoms with Gasteiger partial charge in [0.15, 0.2) is 5.16 Å². The minimum absolute atomic E-state index is 0.0769. The first-order valence-corrected chi connectivity index (χ1v) is 5.07. The molecule has 0 bridgehead atoms. The maximum atomic E-state index is 10.6. The molecule has 0 fully saturated rings. The molecule has 1 aromatic heterocycles. The number of nitrogens with zero attached hydrogens (tertiary/aromatic N) is 2. The summed E-state index contributed by atoms with van der Waals surface area (Å²) in [6.45, 7) is 0. The molecule has 0 unspecified atom stereocenters. The van der Waals surface area contributed by atoms with Crippen LogP contribution in [0.1, 0.15) is 5.56 Å². The first-order chi connectivity index (χ1) is 6.13. The number of amides is 1. The van der Waals surface area contributed by atoms with E-state index in [9.17, 15) is 4.79 Å². The van der Waals surface area contributed by atoms with Crippen molar-refractivity contribution in [2.45, 2.75) is 11.6 Å². The first kappa shape index (κ1) is 10.3. The van der Waals surface area contributed by atoms with E-state index in [1.807, 2.05) is 6.26 Å². The average molecular weight is 218 g/mol. The molecular weight excluding hydrogens is 210 g/mol. The van der Waals surface area contributed by atoms with Gasteiger partial charge in [0, 0.05) is 11.8 Å². The highest BCUT2D eigenvalue weighted by Gasteiger charge is 2.06. The van der Waals surface area contributed by atoms with Gasteiger partial charge < -0.3 is 5.73 Å². The highest BCUT2D eigenvalue weighted by Crippen LogP contribution is 2.16. The van der Waals surface area contributed by atoms with Crippen molar-refractivity contribution in [2.24, 2.45) is 5.73 Å². The van der Waals surface area contributed by atoms with Crippen LogP contribution in [-0.4, -0.2) is 22.1 Å². The van der Waals surface area contributed by atoms with E-state index in [-0.39, 0.29) is 11.6 Å². The monoisotopic (exact) mass is 217 g/mol. The van der Waals surface area contributed by atoms with Crippen LogP contribution < -0.4 is 5.73 Å². The highest BCUT2D eigenvalue weighted by atomic mass is 35.5. The van der Waals surface area contributed by atoms with E-state index in [1.54, 1.807) is 0 Å². The van der Waals surface area contributed by atoms with Gasteiger partial charge in [-0.2, -0.15) is 0 Å². The minimum Gasteiger partial charge on any atom is -0.369 e. The number of primary amides is 1. The molecule has 0 aliphatic carbocycles. The van der Waals surface area contributed by atoms with E-state index in [1.165, 1.54) is 18.0 Å². The summed E-state index contributed by atoms with van der Waals surface area (Å²) in [4.78, 5) is 18.5. The third-order valence-electron chi connectivity index (χ3n) is 1.34. The summed E-state index contributed by atoms with van der Waals surface area (Å²) in [5, 5.41) is 0.872. The van der Waals surface area contributed by atoms with Crippen LogP contribution in [0.2, 0.25) is 5.15 Å². The number of halogens is 1. The van der Waals surface area contributed by atoms with E-state index in [0.717, 1.165) is 0 Å². The molecule has 0 radical (unpaired) electrons. The first-order valence-electron chi connectivity index (χ1n) is 3.47. The normalized spacial score (nSPS) is 10.0. The topological polar surface area (TPSA) is 68.9 Å². The Morgan fingerprint density at radius 3 is 2.92 bits per heavy atom. The van der Waals surface area contributed by atoms with Crippen molar-refractivity contribution in [1.82, 2.24) is 9.97 Å². The lowest BCUT2D eigenvalue weighted by molar-refractivity contribution is -0.117. The lowest BCUT2D eigenvalue weighted by Gasteiger charge is -2.00. The van der Waals surface area contributed by atoms with Gasteiger partial charge in [0.1, 0.15) is 5.15 Å². The molecule has 1 heterocycles. The van der Waals surface area contributed by atoms with Gasteiger partial charge in [-0.15, -0.1) is 0 Å². The maximum absolute atomic E-state index is 10.6. The Kier molecular flexibility index (Phi) is 3.50. The summed E-state index contributed by atoms with van der Waals surface area (Å²) in [7, 11) is 0. The van der Waals surface area contributed by atoms with Gasteiger partial charge >= 0.3 is 0 Å². The van der Waals surface area contributed by atoms with Gasteiger partial charge in [-0.25, -0.2) is 9.97 Å². The molecule has 0 atom stereocenters. The summed E-state index contributed by atoms with van der Waals surface area (Å²) in [5.41, 5.74) is 5.57. The van der Waals surface area contributed by atoms with Crippen molar-refractivity contribution in [2.75, 3.05) is 6.26 Å². The van der Waals surface area contributed by atoms with Crippen molar-refractivity contribution < 1.29 is 4.79 Å². The molecule has 1 amide bonds. The molecule has 4 nitrogen and oxygen atoms in total. The van der Waals surface area contributed by atoms with Crippen LogP contribution >= 0.6 is 23.4 Å². The van der Waals surface area contributed by atoms with Gasteiger partial charge in [0.05, 0.1) is 6.42 Å². The average Bonchev–Trinajstić information content (AvgIpc) is 2.08. The zero-order valence-corrected chi connectivity index (χ0v) is 8.52. The van der Waals surface area contributed by atoms with E-state index in [2.05, 4.69) is 9.97 Å². The number of hydrogen-bond acceptors (Lipinski definition) is 4. The molecule has 13 heavy (non-hydrogen) atoms. The van der Waals surface area contributed by atoms with E-state index in [0.29, 0.717) is 10.7 Å². The van der Waals surface area contributed by atoms with Gasteiger partial charge in [-0.1, -0.05) is 23.4 Å². The number of thioether (sulfide) groups is 1. The Morgan fingerprint density at radius 2 is 2.46 bits per heavy atom. The quantitative estimate of drug-likeness (QED) is 0.464. The fourth-order valence-corrected chi connectivity index (χ4v) is 1.36. The van der Waals surface area contributed by atoms with Crippen LogP contribution in [0.5, 0.6) is 0 Å². The number of hydrogen-bond donors (Lipinski definition) is 1. The third kappa shape index (κ3) is 2.86. The Balaban J connectivity index is 2.91. The summed E-state index contributed by atoms with van der Waals surface area (Å²) in [6, 6.07) is 0. The number of rotatable bonds is 3. The van der Waals surface area contributed by atoms with E-state index in [4.69, 9.17) is 17.3 Å². The zero-order valence-electron chi connectivity index (χ0n) is 6.95. The SMILES string of the molecule is CSc1ncc(CC(N)=O)c(Cl)n1. The second kappa shape index (κ2) is 4.43. The summed E-state index contributed by atoms with van der Waals surface area (Å²) in [5.74, 6) is -0.442. The molecular formula is C7H8ClN3OS. The fourth-order valence-electron chi connectivity index (χ4n) is 0.776. The molecule has 70 valence electrons. The second-order valence-corrected chi connectivity index (χ2v) is 3.45. The minimum atomic E-state index is -0.442. The lowest BCUT2D eigenvalue weighted by atomic mass is 10.2. The molecule has 0 saturated carbocycles. The number of nitrogens with two attached hydrogens (primary N) is 1. The smallest absolute Gasteiger partial charge is 0.222 e. The predicted octanol–water partition coefficient (Wildman–Crippen LogP) is 0.880. The van der Waals surface area contributed by atoms with Crippen molar-refractivity contribution in [3.8, 4) is 0 Å². The summed E-state index contributed by atoms with van der Waals surface area (Å²) in [6.07, 6.45) is 3.44.